The monoisotopic (exact) mass is 606 g/mol. The first-order valence-electron chi connectivity index (χ1n) is 12.0. The minimum absolute atomic E-state index is 0.0536. The summed E-state index contributed by atoms with van der Waals surface area (Å²) in [5.41, 5.74) is -5.27. The second-order valence-electron chi connectivity index (χ2n) is 8.80. The number of pyridine rings is 2. The molecule has 2 N–H and O–H groups in total. The van der Waals surface area contributed by atoms with Crippen LogP contribution in [0.1, 0.15) is 32.1 Å². The van der Waals surface area contributed by atoms with Crippen molar-refractivity contribution in [3.63, 3.8) is 0 Å². The number of carbonyl (C=O) groups is 3. The first-order valence-corrected chi connectivity index (χ1v) is 12.0. The van der Waals surface area contributed by atoms with Crippen LogP contribution in [0.3, 0.4) is 0 Å². The molecule has 222 valence electrons. The molecule has 8 nitrogen and oxygen atoms in total. The Morgan fingerprint density at radius 1 is 0.791 bits per heavy atom. The molecule has 0 aliphatic heterocycles. The number of para-hydroxylation sites is 1. The third-order valence-electron chi connectivity index (χ3n) is 5.83. The van der Waals surface area contributed by atoms with Gasteiger partial charge in [0.1, 0.15) is 17.9 Å². The van der Waals surface area contributed by atoms with E-state index in [2.05, 4.69) is 9.97 Å². The van der Waals surface area contributed by atoms with Crippen molar-refractivity contribution in [2.45, 2.75) is 12.4 Å². The Kier molecular flexibility index (Phi) is 8.45. The zero-order chi connectivity index (χ0) is 31.5. The summed E-state index contributed by atoms with van der Waals surface area (Å²) in [6, 6.07) is 12.3. The van der Waals surface area contributed by atoms with Crippen LogP contribution in [0, 0.1) is 5.95 Å². The van der Waals surface area contributed by atoms with Gasteiger partial charge in [0.05, 0.1) is 16.8 Å². The molecule has 0 unspecified atom stereocenters. The molecule has 2 amide bonds. The van der Waals surface area contributed by atoms with Crippen LogP contribution in [-0.4, -0.2) is 39.4 Å². The van der Waals surface area contributed by atoms with Gasteiger partial charge in [-0.1, -0.05) is 24.3 Å². The first kappa shape index (κ1) is 30.6. The molecule has 2 heterocycles. The number of nitrogens with zero attached hydrogens (tertiary/aromatic N) is 3. The fourth-order valence-electron chi connectivity index (χ4n) is 3.97. The Labute approximate surface area is 237 Å². The van der Waals surface area contributed by atoms with E-state index in [-0.39, 0.29) is 22.9 Å². The van der Waals surface area contributed by atoms with Crippen LogP contribution in [-0.2, 0) is 17.1 Å². The molecule has 0 radical (unpaired) electrons. The summed E-state index contributed by atoms with van der Waals surface area (Å²) in [7, 11) is 0. The molecule has 0 aliphatic rings. The van der Waals surface area contributed by atoms with E-state index in [0.717, 1.165) is 23.1 Å². The number of rotatable bonds is 7. The van der Waals surface area contributed by atoms with Gasteiger partial charge in [0.15, 0.2) is 0 Å². The summed E-state index contributed by atoms with van der Waals surface area (Å²) in [5.74, 6) is -4.69. The number of hydrogen-bond donors (Lipinski definition) is 2. The first-order chi connectivity index (χ1) is 20.1. The van der Waals surface area contributed by atoms with Crippen LogP contribution in [0.5, 0.6) is 0 Å². The second-order valence-corrected chi connectivity index (χ2v) is 8.80. The number of hydrogen-bond acceptors (Lipinski definition) is 5. The Morgan fingerprint density at radius 3 is 2.00 bits per heavy atom. The fourth-order valence-corrected chi connectivity index (χ4v) is 3.97. The van der Waals surface area contributed by atoms with Gasteiger partial charge in [0.25, 0.3) is 11.8 Å². The third kappa shape index (κ3) is 7.12. The molecule has 15 heteroatoms. The van der Waals surface area contributed by atoms with Crippen molar-refractivity contribution in [1.29, 1.82) is 0 Å². The van der Waals surface area contributed by atoms with Crippen molar-refractivity contribution in [3.8, 4) is 11.1 Å². The van der Waals surface area contributed by atoms with Crippen molar-refractivity contribution < 1.29 is 50.2 Å². The van der Waals surface area contributed by atoms with Crippen LogP contribution in [0.25, 0.3) is 11.1 Å². The predicted molar refractivity (Wildman–Crippen MR) is 138 cm³/mol. The summed E-state index contributed by atoms with van der Waals surface area (Å²) >= 11 is 0. The van der Waals surface area contributed by atoms with Crippen molar-refractivity contribution in [2.24, 2.45) is 0 Å². The van der Waals surface area contributed by atoms with E-state index in [9.17, 15) is 50.2 Å². The number of carbonyl (C=O) groups excluding carboxylic acids is 2. The Hall–Kier alpha value is -5.34. The van der Waals surface area contributed by atoms with E-state index in [0.29, 0.717) is 12.1 Å². The summed E-state index contributed by atoms with van der Waals surface area (Å²) in [6.45, 7) is -0.930. The summed E-state index contributed by atoms with van der Waals surface area (Å²) in [6.07, 6.45) is -9.13. The average Bonchev–Trinajstić information content (AvgIpc) is 2.95. The molecule has 0 fully saturated rings. The molecule has 0 saturated carbocycles. The average molecular weight is 606 g/mol. The molecule has 4 aromatic rings. The van der Waals surface area contributed by atoms with Crippen LogP contribution >= 0.6 is 0 Å². The van der Waals surface area contributed by atoms with E-state index >= 15 is 0 Å². The van der Waals surface area contributed by atoms with Gasteiger partial charge in [-0.15, -0.1) is 0 Å². The van der Waals surface area contributed by atoms with Gasteiger partial charge >= 0.3 is 18.3 Å². The van der Waals surface area contributed by atoms with Gasteiger partial charge in [0.2, 0.25) is 5.95 Å². The van der Waals surface area contributed by atoms with Gasteiger partial charge in [-0.05, 0) is 48.5 Å². The van der Waals surface area contributed by atoms with Crippen LogP contribution in [0.15, 0.2) is 79.0 Å². The Bertz CT molecular complexity index is 1680. The quantitative estimate of drug-likeness (QED) is 0.189. The van der Waals surface area contributed by atoms with Gasteiger partial charge < -0.3 is 10.4 Å². The summed E-state index contributed by atoms with van der Waals surface area (Å²) < 4.78 is 93.7. The lowest BCUT2D eigenvalue weighted by Gasteiger charge is -2.23. The highest BCUT2D eigenvalue weighted by molar-refractivity contribution is 6.10. The minimum Gasteiger partial charge on any atom is -0.480 e. The highest BCUT2D eigenvalue weighted by atomic mass is 19.4. The lowest BCUT2D eigenvalue weighted by Crippen LogP contribution is -2.37. The fraction of sp³-hybridized carbons (Fsp3) is 0.107. The number of nitrogens with one attached hydrogen (secondary N) is 1. The van der Waals surface area contributed by atoms with Crippen LogP contribution in [0.4, 0.5) is 42.1 Å². The number of carboxylic acid groups (broad SMARTS) is 1. The van der Waals surface area contributed by atoms with Crippen molar-refractivity contribution in [2.75, 3.05) is 16.8 Å². The maximum atomic E-state index is 14.5. The van der Waals surface area contributed by atoms with E-state index in [1.807, 2.05) is 5.32 Å². The number of alkyl halides is 6. The molecule has 0 aliphatic carbocycles. The number of aromatic nitrogens is 2. The van der Waals surface area contributed by atoms with E-state index < -0.39 is 70.8 Å². The molecule has 0 bridgehead atoms. The zero-order valence-electron chi connectivity index (χ0n) is 21.4. The normalized spacial score (nSPS) is 11.6. The predicted octanol–water partition coefficient (Wildman–Crippen LogP) is 6.30. The maximum absolute atomic E-state index is 14.5. The number of halogens is 7. The van der Waals surface area contributed by atoms with E-state index in [1.165, 1.54) is 42.6 Å². The van der Waals surface area contributed by atoms with Crippen molar-refractivity contribution in [3.05, 3.63) is 107 Å². The van der Waals surface area contributed by atoms with Crippen molar-refractivity contribution in [1.82, 2.24) is 9.97 Å². The van der Waals surface area contributed by atoms with Crippen LogP contribution < -0.4 is 10.2 Å². The molecule has 0 spiro atoms. The van der Waals surface area contributed by atoms with Crippen LogP contribution in [0.2, 0.25) is 0 Å². The number of anilines is 2. The van der Waals surface area contributed by atoms with Crippen molar-refractivity contribution >= 4 is 29.2 Å². The smallest absolute Gasteiger partial charge is 0.416 e. The largest absolute Gasteiger partial charge is 0.480 e. The van der Waals surface area contributed by atoms with E-state index in [1.54, 1.807) is 0 Å². The van der Waals surface area contributed by atoms with Gasteiger partial charge in [-0.2, -0.15) is 30.7 Å². The summed E-state index contributed by atoms with van der Waals surface area (Å²) in [5, 5.41) is 11.4. The molecular weight excluding hydrogens is 589 g/mol. The van der Waals surface area contributed by atoms with E-state index in [4.69, 9.17) is 0 Å². The molecule has 2 aromatic heterocycles. The lowest BCUT2D eigenvalue weighted by atomic mass is 10.0. The SMILES string of the molecule is O=C(O)CN(C(=O)c1cccc(C(=O)Nc2cc(C(F)(F)F)cc(C(F)(F)F)c2)n1)c1ccccc1-c1cccnc1F. The third-order valence-corrected chi connectivity index (χ3v) is 5.83. The maximum Gasteiger partial charge on any atom is 0.416 e. The molecule has 2 aromatic carbocycles. The molecule has 43 heavy (non-hydrogen) atoms. The number of aliphatic carboxylic acids is 1. The number of carboxylic acids is 1. The topological polar surface area (TPSA) is 112 Å². The lowest BCUT2D eigenvalue weighted by molar-refractivity contribution is -0.143. The number of benzene rings is 2. The van der Waals surface area contributed by atoms with Gasteiger partial charge in [-0.3, -0.25) is 19.3 Å². The van der Waals surface area contributed by atoms with Gasteiger partial charge in [-0.25, -0.2) is 9.97 Å². The molecular formula is C28H17F7N4O4. The zero-order valence-corrected chi connectivity index (χ0v) is 21.4. The minimum atomic E-state index is -5.16. The highest BCUT2D eigenvalue weighted by Crippen LogP contribution is 2.38. The standard InChI is InChI=1S/C28H17F7N4O4/c29-24-19(6-4-10-36-24)18-5-1-2-9-22(18)39(14-23(40)41)26(43)21-8-3-7-20(38-21)25(42)37-17-12-15(27(30,31)32)11-16(13-17)28(33,34)35/h1-13H,14H2,(H,37,42)(H,40,41). The highest BCUT2D eigenvalue weighted by Gasteiger charge is 2.37. The molecule has 0 saturated heterocycles. The van der Waals surface area contributed by atoms with Gasteiger partial charge in [0, 0.05) is 23.0 Å². The Morgan fingerprint density at radius 2 is 1.40 bits per heavy atom. The number of amides is 2. The molecule has 0 atom stereocenters. The summed E-state index contributed by atoms with van der Waals surface area (Å²) in [4.78, 5) is 46.1. The molecule has 4 rings (SSSR count). The second kappa shape index (κ2) is 11.9. The Balaban J connectivity index is 1.70.